The molecule has 0 amide bonds. The summed E-state index contributed by atoms with van der Waals surface area (Å²) in [5, 5.41) is 0. The van der Waals surface area contributed by atoms with Crippen LogP contribution in [-0.4, -0.2) is 18.8 Å². The lowest BCUT2D eigenvalue weighted by atomic mass is 10.0. The van der Waals surface area contributed by atoms with Gasteiger partial charge in [0.1, 0.15) is 0 Å². The highest BCUT2D eigenvalue weighted by atomic mass is 16.5. The van der Waals surface area contributed by atoms with Crippen molar-refractivity contribution in [3.63, 3.8) is 0 Å². The third-order valence-corrected chi connectivity index (χ3v) is 2.59. The van der Waals surface area contributed by atoms with Crippen molar-refractivity contribution in [1.82, 2.24) is 0 Å². The maximum atomic E-state index is 6.06. The van der Waals surface area contributed by atoms with Crippen LogP contribution >= 0.6 is 0 Å². The first-order chi connectivity index (χ1) is 7.13. The summed E-state index contributed by atoms with van der Waals surface area (Å²) in [6.07, 6.45) is 0.999. The SMILES string of the molecule is CCOC(C)C(N)Cc1cccc(C)c1. The van der Waals surface area contributed by atoms with Gasteiger partial charge in [0, 0.05) is 12.6 Å². The van der Waals surface area contributed by atoms with E-state index in [1.54, 1.807) is 0 Å². The molecule has 1 aromatic rings. The van der Waals surface area contributed by atoms with Gasteiger partial charge in [0.25, 0.3) is 0 Å². The topological polar surface area (TPSA) is 35.2 Å². The van der Waals surface area contributed by atoms with Crippen molar-refractivity contribution in [2.24, 2.45) is 5.73 Å². The van der Waals surface area contributed by atoms with E-state index in [4.69, 9.17) is 10.5 Å². The summed E-state index contributed by atoms with van der Waals surface area (Å²) < 4.78 is 5.48. The summed E-state index contributed by atoms with van der Waals surface area (Å²) in [6.45, 7) is 6.85. The molecule has 0 saturated heterocycles. The molecule has 2 unspecified atom stereocenters. The second-order valence-electron chi connectivity index (χ2n) is 4.02. The fourth-order valence-electron chi connectivity index (χ4n) is 1.66. The molecule has 0 saturated carbocycles. The lowest BCUT2D eigenvalue weighted by Gasteiger charge is -2.19. The normalized spacial score (nSPS) is 14.9. The standard InChI is InChI=1S/C13H21NO/c1-4-15-11(3)13(14)9-12-7-5-6-10(2)8-12/h5-8,11,13H,4,9,14H2,1-3H3. The lowest BCUT2D eigenvalue weighted by Crippen LogP contribution is -2.36. The maximum absolute atomic E-state index is 6.06. The van der Waals surface area contributed by atoms with E-state index in [1.165, 1.54) is 11.1 Å². The molecular formula is C13H21NO. The molecule has 0 radical (unpaired) electrons. The van der Waals surface area contributed by atoms with Crippen LogP contribution in [-0.2, 0) is 11.2 Å². The molecule has 0 fully saturated rings. The van der Waals surface area contributed by atoms with E-state index in [2.05, 4.69) is 31.2 Å². The highest BCUT2D eigenvalue weighted by Gasteiger charge is 2.12. The average molecular weight is 207 g/mol. The molecule has 0 heterocycles. The Morgan fingerprint density at radius 2 is 2.13 bits per heavy atom. The summed E-state index contributed by atoms with van der Waals surface area (Å²) in [6, 6.07) is 8.54. The molecule has 2 atom stereocenters. The van der Waals surface area contributed by atoms with Crippen molar-refractivity contribution in [2.75, 3.05) is 6.61 Å². The van der Waals surface area contributed by atoms with Crippen molar-refractivity contribution in [1.29, 1.82) is 0 Å². The molecule has 0 spiro atoms. The molecule has 0 aliphatic rings. The number of hydrogen-bond donors (Lipinski definition) is 1. The Labute approximate surface area is 92.4 Å². The molecule has 1 rings (SSSR count). The zero-order valence-corrected chi connectivity index (χ0v) is 9.86. The number of hydrogen-bond acceptors (Lipinski definition) is 2. The maximum Gasteiger partial charge on any atom is 0.0700 e. The van der Waals surface area contributed by atoms with Crippen LogP contribution in [0, 0.1) is 6.92 Å². The van der Waals surface area contributed by atoms with Crippen LogP contribution in [0.5, 0.6) is 0 Å². The minimum Gasteiger partial charge on any atom is -0.377 e. The van der Waals surface area contributed by atoms with E-state index in [9.17, 15) is 0 Å². The Bertz CT molecular complexity index is 298. The zero-order chi connectivity index (χ0) is 11.3. The van der Waals surface area contributed by atoms with Crippen molar-refractivity contribution < 1.29 is 4.74 Å². The quantitative estimate of drug-likeness (QED) is 0.804. The molecule has 15 heavy (non-hydrogen) atoms. The van der Waals surface area contributed by atoms with Crippen LogP contribution in [0.3, 0.4) is 0 Å². The van der Waals surface area contributed by atoms with Crippen LogP contribution in [0.25, 0.3) is 0 Å². The van der Waals surface area contributed by atoms with E-state index in [1.807, 2.05) is 13.8 Å². The minimum absolute atomic E-state index is 0.0757. The Morgan fingerprint density at radius 3 is 2.73 bits per heavy atom. The fourth-order valence-corrected chi connectivity index (χ4v) is 1.66. The zero-order valence-electron chi connectivity index (χ0n) is 9.86. The van der Waals surface area contributed by atoms with Crippen LogP contribution in [0.15, 0.2) is 24.3 Å². The Hall–Kier alpha value is -0.860. The van der Waals surface area contributed by atoms with Gasteiger partial charge in [-0.3, -0.25) is 0 Å². The van der Waals surface area contributed by atoms with E-state index in [0.717, 1.165) is 13.0 Å². The Balaban J connectivity index is 2.54. The predicted molar refractivity (Wildman–Crippen MR) is 63.9 cm³/mol. The van der Waals surface area contributed by atoms with Crippen molar-refractivity contribution in [2.45, 2.75) is 39.3 Å². The van der Waals surface area contributed by atoms with Gasteiger partial charge in [0.2, 0.25) is 0 Å². The minimum atomic E-state index is 0.0757. The smallest absolute Gasteiger partial charge is 0.0700 e. The molecule has 0 aliphatic heterocycles. The lowest BCUT2D eigenvalue weighted by molar-refractivity contribution is 0.0577. The first-order valence-corrected chi connectivity index (χ1v) is 5.56. The van der Waals surface area contributed by atoms with Gasteiger partial charge in [-0.15, -0.1) is 0 Å². The predicted octanol–water partition coefficient (Wildman–Crippen LogP) is 2.29. The third-order valence-electron chi connectivity index (χ3n) is 2.59. The molecule has 1 aromatic carbocycles. The number of ether oxygens (including phenoxy) is 1. The molecule has 0 aliphatic carbocycles. The van der Waals surface area contributed by atoms with Gasteiger partial charge in [-0.1, -0.05) is 29.8 Å². The summed E-state index contributed by atoms with van der Waals surface area (Å²) >= 11 is 0. The third kappa shape index (κ3) is 4.02. The van der Waals surface area contributed by atoms with Crippen LogP contribution in [0.2, 0.25) is 0 Å². The van der Waals surface area contributed by atoms with E-state index < -0.39 is 0 Å². The van der Waals surface area contributed by atoms with Crippen LogP contribution in [0.4, 0.5) is 0 Å². The van der Waals surface area contributed by atoms with E-state index in [0.29, 0.717) is 0 Å². The first-order valence-electron chi connectivity index (χ1n) is 5.56. The second kappa shape index (κ2) is 5.89. The fraction of sp³-hybridized carbons (Fsp3) is 0.538. The summed E-state index contributed by atoms with van der Waals surface area (Å²) in [7, 11) is 0. The molecule has 2 N–H and O–H groups in total. The highest BCUT2D eigenvalue weighted by Crippen LogP contribution is 2.09. The molecule has 2 heteroatoms. The van der Waals surface area contributed by atoms with Crippen LogP contribution in [0.1, 0.15) is 25.0 Å². The number of aryl methyl sites for hydroxylation is 1. The Morgan fingerprint density at radius 1 is 1.40 bits per heavy atom. The van der Waals surface area contributed by atoms with Gasteiger partial charge in [0.05, 0.1) is 6.10 Å². The van der Waals surface area contributed by atoms with Crippen molar-refractivity contribution >= 4 is 0 Å². The number of rotatable bonds is 5. The monoisotopic (exact) mass is 207 g/mol. The molecule has 2 nitrogen and oxygen atoms in total. The molecule has 0 aromatic heterocycles. The van der Waals surface area contributed by atoms with Gasteiger partial charge in [0.15, 0.2) is 0 Å². The van der Waals surface area contributed by atoms with Gasteiger partial charge < -0.3 is 10.5 Å². The van der Waals surface area contributed by atoms with Gasteiger partial charge in [-0.05, 0) is 32.8 Å². The number of nitrogens with two attached hydrogens (primary N) is 1. The van der Waals surface area contributed by atoms with Gasteiger partial charge in [-0.25, -0.2) is 0 Å². The van der Waals surface area contributed by atoms with Crippen molar-refractivity contribution in [3.8, 4) is 0 Å². The van der Waals surface area contributed by atoms with E-state index in [-0.39, 0.29) is 12.1 Å². The molecule has 84 valence electrons. The van der Waals surface area contributed by atoms with Gasteiger partial charge >= 0.3 is 0 Å². The second-order valence-corrected chi connectivity index (χ2v) is 4.02. The summed E-state index contributed by atoms with van der Waals surface area (Å²) in [5.41, 5.74) is 8.63. The van der Waals surface area contributed by atoms with E-state index >= 15 is 0 Å². The largest absolute Gasteiger partial charge is 0.377 e. The molecular weight excluding hydrogens is 186 g/mol. The summed E-state index contributed by atoms with van der Waals surface area (Å²) in [4.78, 5) is 0. The first kappa shape index (κ1) is 12.2. The van der Waals surface area contributed by atoms with Crippen LogP contribution < -0.4 is 5.73 Å². The Kier molecular flexibility index (Phi) is 4.79. The van der Waals surface area contributed by atoms with Crippen molar-refractivity contribution in [3.05, 3.63) is 35.4 Å². The highest BCUT2D eigenvalue weighted by molar-refractivity contribution is 5.23. The summed E-state index contributed by atoms with van der Waals surface area (Å²) in [5.74, 6) is 0. The van der Waals surface area contributed by atoms with Gasteiger partial charge in [-0.2, -0.15) is 0 Å². The number of benzene rings is 1. The average Bonchev–Trinajstić information content (AvgIpc) is 2.18. The molecule has 0 bridgehead atoms.